The van der Waals surface area contributed by atoms with E-state index in [-0.39, 0.29) is 18.4 Å². The number of aryl methyl sites for hydroxylation is 1. The summed E-state index contributed by atoms with van der Waals surface area (Å²) in [5.41, 5.74) is 7.25. The summed E-state index contributed by atoms with van der Waals surface area (Å²) in [6.45, 7) is 4.29. The summed E-state index contributed by atoms with van der Waals surface area (Å²) in [5.74, 6) is -0.0169. The minimum Gasteiger partial charge on any atom is -0.481 e. The van der Waals surface area contributed by atoms with Crippen LogP contribution in [0.3, 0.4) is 0 Å². The van der Waals surface area contributed by atoms with E-state index < -0.39 is 5.97 Å². The quantitative estimate of drug-likeness (QED) is 0.721. The summed E-state index contributed by atoms with van der Waals surface area (Å²) in [5, 5.41) is 9.62. The first kappa shape index (κ1) is 18.0. The highest BCUT2D eigenvalue weighted by Gasteiger charge is 2.21. The molecular weight excluding hydrogens is 286 g/mol. The number of halogens is 1. The van der Waals surface area contributed by atoms with Crippen LogP contribution in [-0.2, 0) is 11.2 Å². The van der Waals surface area contributed by atoms with Crippen molar-refractivity contribution >= 4 is 17.6 Å². The van der Waals surface area contributed by atoms with E-state index >= 15 is 0 Å². The number of rotatable bonds is 9. The van der Waals surface area contributed by atoms with Crippen molar-refractivity contribution in [3.05, 3.63) is 34.9 Å². The Kier molecular flexibility index (Phi) is 7.76. The van der Waals surface area contributed by atoms with Gasteiger partial charge in [0, 0.05) is 11.1 Å². The Morgan fingerprint density at radius 3 is 2.71 bits per heavy atom. The Morgan fingerprint density at radius 1 is 1.43 bits per heavy atom. The maximum absolute atomic E-state index is 10.8. The number of aliphatic carboxylic acids is 1. The van der Waals surface area contributed by atoms with Gasteiger partial charge in [-0.1, -0.05) is 44.0 Å². The van der Waals surface area contributed by atoms with Gasteiger partial charge in [0.2, 0.25) is 0 Å². The van der Waals surface area contributed by atoms with Crippen molar-refractivity contribution in [2.24, 2.45) is 17.6 Å². The van der Waals surface area contributed by atoms with Gasteiger partial charge in [0.25, 0.3) is 0 Å². The third kappa shape index (κ3) is 6.96. The molecule has 0 bridgehead atoms. The second kappa shape index (κ2) is 9.06. The van der Waals surface area contributed by atoms with Crippen molar-refractivity contribution < 1.29 is 9.90 Å². The van der Waals surface area contributed by atoms with Crippen molar-refractivity contribution in [1.82, 2.24) is 0 Å². The van der Waals surface area contributed by atoms with Crippen molar-refractivity contribution in [3.8, 4) is 0 Å². The molecule has 3 atom stereocenters. The second-order valence-electron chi connectivity index (χ2n) is 5.94. The topological polar surface area (TPSA) is 63.3 Å². The molecule has 0 saturated carbocycles. The number of carboxylic acid groups (broad SMARTS) is 1. The van der Waals surface area contributed by atoms with E-state index in [1.807, 2.05) is 18.2 Å². The number of benzene rings is 1. The highest BCUT2D eigenvalue weighted by atomic mass is 35.5. The second-order valence-corrected chi connectivity index (χ2v) is 6.38. The van der Waals surface area contributed by atoms with Crippen LogP contribution in [0.5, 0.6) is 0 Å². The van der Waals surface area contributed by atoms with Crippen LogP contribution in [0.4, 0.5) is 0 Å². The zero-order valence-electron chi connectivity index (χ0n) is 12.9. The fourth-order valence-electron chi connectivity index (χ4n) is 2.75. The van der Waals surface area contributed by atoms with Gasteiger partial charge in [-0.05, 0) is 48.8 Å². The molecule has 0 aliphatic carbocycles. The molecule has 0 spiro atoms. The fourth-order valence-corrected chi connectivity index (χ4v) is 2.97. The van der Waals surface area contributed by atoms with E-state index in [4.69, 9.17) is 22.4 Å². The number of carboxylic acids is 1. The lowest BCUT2D eigenvalue weighted by Gasteiger charge is -2.24. The maximum atomic E-state index is 10.8. The van der Waals surface area contributed by atoms with Crippen LogP contribution >= 0.6 is 11.6 Å². The van der Waals surface area contributed by atoms with E-state index in [1.165, 1.54) is 5.56 Å². The predicted molar refractivity (Wildman–Crippen MR) is 87.6 cm³/mol. The molecule has 0 saturated heterocycles. The van der Waals surface area contributed by atoms with E-state index in [9.17, 15) is 4.79 Å². The molecule has 0 heterocycles. The molecule has 3 unspecified atom stereocenters. The van der Waals surface area contributed by atoms with Crippen LogP contribution in [0.25, 0.3) is 0 Å². The minimum atomic E-state index is -0.812. The monoisotopic (exact) mass is 311 g/mol. The zero-order valence-corrected chi connectivity index (χ0v) is 13.6. The van der Waals surface area contributed by atoms with Gasteiger partial charge in [0.15, 0.2) is 0 Å². The molecule has 0 amide bonds. The molecule has 0 fully saturated rings. The van der Waals surface area contributed by atoms with Gasteiger partial charge < -0.3 is 10.8 Å². The number of nitrogens with two attached hydrogens (primary N) is 1. The first-order valence-electron chi connectivity index (χ1n) is 7.64. The van der Waals surface area contributed by atoms with Crippen molar-refractivity contribution in [3.63, 3.8) is 0 Å². The fraction of sp³-hybridized carbons (Fsp3) is 0.588. The highest BCUT2D eigenvalue weighted by Crippen LogP contribution is 2.24. The molecular formula is C17H26ClNO2. The average Bonchev–Trinajstić information content (AvgIpc) is 2.41. The van der Waals surface area contributed by atoms with Gasteiger partial charge >= 0.3 is 5.97 Å². The van der Waals surface area contributed by atoms with Crippen LogP contribution in [0.2, 0.25) is 5.02 Å². The Balaban J connectivity index is 2.43. The molecule has 1 rings (SSSR count). The number of hydrogen-bond acceptors (Lipinski definition) is 2. The molecule has 21 heavy (non-hydrogen) atoms. The Morgan fingerprint density at radius 2 is 2.14 bits per heavy atom. The highest BCUT2D eigenvalue weighted by molar-refractivity contribution is 6.30. The summed E-state index contributed by atoms with van der Waals surface area (Å²) < 4.78 is 0. The lowest BCUT2D eigenvalue weighted by molar-refractivity contribution is -0.137. The Bertz CT molecular complexity index is 450. The summed E-state index contributed by atoms with van der Waals surface area (Å²) in [4.78, 5) is 10.8. The van der Waals surface area contributed by atoms with Crippen LogP contribution in [0.1, 0.15) is 45.1 Å². The molecule has 0 aliphatic rings. The van der Waals surface area contributed by atoms with Gasteiger partial charge in [0.1, 0.15) is 0 Å². The molecule has 1 aromatic carbocycles. The van der Waals surface area contributed by atoms with E-state index in [0.717, 1.165) is 30.7 Å². The third-order valence-corrected chi connectivity index (χ3v) is 4.30. The summed E-state index contributed by atoms with van der Waals surface area (Å²) >= 11 is 5.98. The number of carbonyl (C=O) groups is 1. The maximum Gasteiger partial charge on any atom is 0.304 e. The minimum absolute atomic E-state index is 0.0551. The van der Waals surface area contributed by atoms with E-state index in [2.05, 4.69) is 19.9 Å². The van der Waals surface area contributed by atoms with Gasteiger partial charge in [-0.3, -0.25) is 4.79 Å². The van der Waals surface area contributed by atoms with Gasteiger partial charge in [0.05, 0.1) is 6.42 Å². The molecule has 0 aliphatic heterocycles. The molecule has 1 aromatic rings. The first-order chi connectivity index (χ1) is 9.92. The van der Waals surface area contributed by atoms with Crippen LogP contribution in [0.15, 0.2) is 24.3 Å². The lowest BCUT2D eigenvalue weighted by Crippen LogP contribution is -2.33. The summed E-state index contributed by atoms with van der Waals surface area (Å²) in [7, 11) is 0. The zero-order chi connectivity index (χ0) is 15.8. The molecule has 0 radical (unpaired) electrons. The van der Waals surface area contributed by atoms with E-state index in [0.29, 0.717) is 5.92 Å². The summed E-state index contributed by atoms with van der Waals surface area (Å²) in [6, 6.07) is 7.70. The molecule has 3 N–H and O–H groups in total. The van der Waals surface area contributed by atoms with Crippen LogP contribution in [0, 0.1) is 11.8 Å². The van der Waals surface area contributed by atoms with Crippen molar-refractivity contribution in [1.29, 1.82) is 0 Å². The molecule has 4 heteroatoms. The lowest BCUT2D eigenvalue weighted by atomic mass is 9.84. The molecule has 3 nitrogen and oxygen atoms in total. The largest absolute Gasteiger partial charge is 0.481 e. The smallest absolute Gasteiger partial charge is 0.304 e. The Hall–Kier alpha value is -1.06. The standard InChI is InChI=1S/C17H26ClNO2/c1-3-14(16(19)11-17(20)21)9-12(2)7-8-13-5-4-6-15(18)10-13/h4-6,10,12,14,16H,3,7-9,11,19H2,1-2H3,(H,20,21). The van der Waals surface area contributed by atoms with Crippen molar-refractivity contribution in [2.75, 3.05) is 0 Å². The SMILES string of the molecule is CCC(CC(C)CCc1cccc(Cl)c1)C(N)CC(=O)O. The van der Waals surface area contributed by atoms with E-state index in [1.54, 1.807) is 0 Å². The van der Waals surface area contributed by atoms with Gasteiger partial charge in [-0.2, -0.15) is 0 Å². The summed E-state index contributed by atoms with van der Waals surface area (Å²) in [6.07, 6.45) is 4.02. The average molecular weight is 312 g/mol. The first-order valence-corrected chi connectivity index (χ1v) is 8.02. The Labute approximate surface area is 132 Å². The van der Waals surface area contributed by atoms with Gasteiger partial charge in [-0.25, -0.2) is 0 Å². The van der Waals surface area contributed by atoms with Crippen molar-refractivity contribution in [2.45, 2.75) is 52.0 Å². The third-order valence-electron chi connectivity index (χ3n) is 4.06. The van der Waals surface area contributed by atoms with Crippen LogP contribution in [-0.4, -0.2) is 17.1 Å². The van der Waals surface area contributed by atoms with Gasteiger partial charge in [-0.15, -0.1) is 0 Å². The predicted octanol–water partition coefficient (Wildman–Crippen LogP) is 4.13. The molecule has 0 aromatic heterocycles. The molecule has 118 valence electrons. The number of hydrogen-bond donors (Lipinski definition) is 2. The normalized spacial score (nSPS) is 15.4. The van der Waals surface area contributed by atoms with Crippen LogP contribution < -0.4 is 5.73 Å².